The fourth-order valence-electron chi connectivity index (χ4n) is 4.43. The van der Waals surface area contributed by atoms with Crippen LogP contribution >= 0.6 is 0 Å². The third-order valence-corrected chi connectivity index (χ3v) is 6.07. The zero-order valence-corrected chi connectivity index (χ0v) is 15.2. The molecule has 6 heteroatoms. The molecule has 2 atom stereocenters. The van der Waals surface area contributed by atoms with Crippen molar-refractivity contribution in [2.24, 2.45) is 5.73 Å². The average Bonchev–Trinajstić information content (AvgIpc) is 3.05. The molecule has 28 heavy (non-hydrogen) atoms. The average molecular weight is 377 g/mol. The van der Waals surface area contributed by atoms with E-state index in [4.69, 9.17) is 5.73 Å². The first kappa shape index (κ1) is 17.1. The summed E-state index contributed by atoms with van der Waals surface area (Å²) >= 11 is 0. The number of aromatic amines is 1. The molecule has 0 spiro atoms. The van der Waals surface area contributed by atoms with Crippen molar-refractivity contribution in [3.05, 3.63) is 64.7 Å². The lowest BCUT2D eigenvalue weighted by Gasteiger charge is -2.33. The molecule has 0 amide bonds. The van der Waals surface area contributed by atoms with Gasteiger partial charge in [0.2, 0.25) is 0 Å². The number of rotatable bonds is 3. The van der Waals surface area contributed by atoms with Crippen molar-refractivity contribution >= 4 is 5.97 Å². The number of nitrogens with zero attached hydrogens (tertiary/aromatic N) is 1. The highest BCUT2D eigenvalue weighted by molar-refractivity contribution is 5.95. The van der Waals surface area contributed by atoms with Gasteiger partial charge in [-0.25, -0.2) is 9.18 Å². The number of carboxylic acid groups (broad SMARTS) is 1. The summed E-state index contributed by atoms with van der Waals surface area (Å²) in [6.07, 6.45) is 5.02. The quantitative estimate of drug-likeness (QED) is 0.646. The first-order valence-electron chi connectivity index (χ1n) is 9.51. The van der Waals surface area contributed by atoms with Crippen molar-refractivity contribution in [2.45, 2.75) is 37.6 Å². The van der Waals surface area contributed by atoms with Crippen LogP contribution in [0.25, 0.3) is 22.5 Å². The molecule has 142 valence electrons. The van der Waals surface area contributed by atoms with E-state index < -0.39 is 5.97 Å². The second-order valence-corrected chi connectivity index (χ2v) is 7.66. The Hall–Kier alpha value is -2.99. The van der Waals surface area contributed by atoms with Crippen LogP contribution in [0.4, 0.5) is 4.39 Å². The standard InChI is InChI=1S/C22H20FN3O2/c23-13-3-1-2-11(8-13)18-9-16-12(10-25-18)4-5-15-19(22(27)28)21(26-20(15)16)14-6-7-17(14)24/h1-3,8-10,14,17,26H,4-7,24H2,(H,27,28). The smallest absolute Gasteiger partial charge is 0.337 e. The van der Waals surface area contributed by atoms with E-state index in [0.717, 1.165) is 47.3 Å². The molecule has 2 aliphatic rings. The van der Waals surface area contributed by atoms with Gasteiger partial charge in [-0.2, -0.15) is 0 Å². The number of aromatic carboxylic acids is 1. The van der Waals surface area contributed by atoms with Crippen LogP contribution in [0, 0.1) is 5.82 Å². The largest absolute Gasteiger partial charge is 0.478 e. The fourth-order valence-corrected chi connectivity index (χ4v) is 4.43. The minimum absolute atomic E-state index is 0.00188. The number of nitrogens with two attached hydrogens (primary N) is 1. The number of nitrogens with one attached hydrogen (secondary N) is 1. The van der Waals surface area contributed by atoms with E-state index in [1.165, 1.54) is 12.1 Å². The van der Waals surface area contributed by atoms with Crippen LogP contribution in [0.1, 0.15) is 45.9 Å². The summed E-state index contributed by atoms with van der Waals surface area (Å²) in [6.45, 7) is 0. The number of halogens is 1. The van der Waals surface area contributed by atoms with Gasteiger partial charge < -0.3 is 15.8 Å². The molecule has 1 aromatic carbocycles. The molecule has 1 saturated carbocycles. The molecule has 2 unspecified atom stereocenters. The Kier molecular flexibility index (Phi) is 3.84. The van der Waals surface area contributed by atoms with Crippen LogP contribution in [0.5, 0.6) is 0 Å². The first-order valence-corrected chi connectivity index (χ1v) is 9.51. The lowest BCUT2D eigenvalue weighted by Crippen LogP contribution is -2.38. The van der Waals surface area contributed by atoms with Crippen molar-refractivity contribution in [1.82, 2.24) is 9.97 Å². The fraction of sp³-hybridized carbons (Fsp3) is 0.273. The molecule has 4 N–H and O–H groups in total. The third kappa shape index (κ3) is 2.56. The monoisotopic (exact) mass is 377 g/mol. The molecule has 0 bridgehead atoms. The molecule has 2 aliphatic carbocycles. The molecule has 2 aromatic heterocycles. The van der Waals surface area contributed by atoms with E-state index in [2.05, 4.69) is 9.97 Å². The molecule has 5 rings (SSSR count). The Balaban J connectivity index is 1.67. The van der Waals surface area contributed by atoms with Gasteiger partial charge in [-0.1, -0.05) is 12.1 Å². The predicted molar refractivity (Wildman–Crippen MR) is 104 cm³/mol. The van der Waals surface area contributed by atoms with Crippen molar-refractivity contribution in [3.63, 3.8) is 0 Å². The highest BCUT2D eigenvalue weighted by atomic mass is 19.1. The number of fused-ring (bicyclic) bond motifs is 3. The summed E-state index contributed by atoms with van der Waals surface area (Å²) in [7, 11) is 0. The number of aryl methyl sites for hydroxylation is 1. The molecule has 0 saturated heterocycles. The van der Waals surface area contributed by atoms with Gasteiger partial charge in [0, 0.05) is 35.0 Å². The van der Waals surface area contributed by atoms with Crippen molar-refractivity contribution in [1.29, 1.82) is 0 Å². The normalized spacial score (nSPS) is 20.2. The first-order chi connectivity index (χ1) is 13.5. The van der Waals surface area contributed by atoms with Gasteiger partial charge in [-0.05, 0) is 55.0 Å². The summed E-state index contributed by atoms with van der Waals surface area (Å²) < 4.78 is 13.6. The van der Waals surface area contributed by atoms with E-state index in [0.29, 0.717) is 23.2 Å². The van der Waals surface area contributed by atoms with Crippen molar-refractivity contribution in [3.8, 4) is 22.5 Å². The Labute approximate surface area is 161 Å². The number of benzene rings is 1. The Bertz CT molecular complexity index is 1110. The minimum atomic E-state index is -0.908. The molecule has 0 aliphatic heterocycles. The third-order valence-electron chi connectivity index (χ3n) is 6.07. The van der Waals surface area contributed by atoms with Gasteiger partial charge in [-0.15, -0.1) is 0 Å². The topological polar surface area (TPSA) is 92.0 Å². The van der Waals surface area contributed by atoms with Crippen molar-refractivity contribution < 1.29 is 14.3 Å². The number of carboxylic acids is 1. The van der Waals surface area contributed by atoms with Gasteiger partial charge in [0.1, 0.15) is 5.82 Å². The highest BCUT2D eigenvalue weighted by Gasteiger charge is 2.37. The zero-order chi connectivity index (χ0) is 19.4. The maximum atomic E-state index is 13.6. The summed E-state index contributed by atoms with van der Waals surface area (Å²) in [5.41, 5.74) is 12.3. The van der Waals surface area contributed by atoms with Crippen LogP contribution in [0.2, 0.25) is 0 Å². The lowest BCUT2D eigenvalue weighted by molar-refractivity contribution is 0.0693. The Morgan fingerprint density at radius 3 is 2.79 bits per heavy atom. The van der Waals surface area contributed by atoms with Crippen LogP contribution in [0.15, 0.2) is 36.5 Å². The number of pyridine rings is 1. The molecule has 2 heterocycles. The number of hydrogen-bond acceptors (Lipinski definition) is 3. The summed E-state index contributed by atoms with van der Waals surface area (Å²) in [5.74, 6) is -1.16. The van der Waals surface area contributed by atoms with Crippen LogP contribution in [-0.2, 0) is 12.8 Å². The maximum Gasteiger partial charge on any atom is 0.337 e. The van der Waals surface area contributed by atoms with Gasteiger partial charge in [0.25, 0.3) is 0 Å². The summed E-state index contributed by atoms with van der Waals surface area (Å²) in [6, 6.07) is 8.25. The van der Waals surface area contributed by atoms with E-state index in [1.807, 2.05) is 18.3 Å². The number of aromatic nitrogens is 2. The van der Waals surface area contributed by atoms with Gasteiger partial charge in [-0.3, -0.25) is 4.98 Å². The van der Waals surface area contributed by atoms with Gasteiger partial charge >= 0.3 is 5.97 Å². The SMILES string of the molecule is NC1CCC1c1[nH]c2c(c1C(=O)O)CCc1cnc(-c3cccc(F)c3)cc1-2. The van der Waals surface area contributed by atoms with Crippen LogP contribution in [-0.4, -0.2) is 27.1 Å². The lowest BCUT2D eigenvalue weighted by atomic mass is 9.76. The predicted octanol–water partition coefficient (Wildman–Crippen LogP) is 3.88. The van der Waals surface area contributed by atoms with Crippen LogP contribution in [0.3, 0.4) is 0 Å². The van der Waals surface area contributed by atoms with Crippen LogP contribution < -0.4 is 5.73 Å². The Morgan fingerprint density at radius 1 is 1.25 bits per heavy atom. The summed E-state index contributed by atoms with van der Waals surface area (Å²) in [4.78, 5) is 19.9. The molecule has 1 fully saturated rings. The van der Waals surface area contributed by atoms with E-state index in [-0.39, 0.29) is 17.8 Å². The molecule has 5 nitrogen and oxygen atoms in total. The maximum absolute atomic E-state index is 13.6. The van der Waals surface area contributed by atoms with E-state index in [1.54, 1.807) is 6.07 Å². The number of carbonyl (C=O) groups is 1. The number of hydrogen-bond donors (Lipinski definition) is 3. The number of H-pyrrole nitrogens is 1. The van der Waals surface area contributed by atoms with Gasteiger partial charge in [0.05, 0.1) is 17.0 Å². The highest BCUT2D eigenvalue weighted by Crippen LogP contribution is 2.43. The molecule has 0 radical (unpaired) electrons. The Morgan fingerprint density at radius 2 is 2.11 bits per heavy atom. The molecule has 3 aromatic rings. The minimum Gasteiger partial charge on any atom is -0.478 e. The second-order valence-electron chi connectivity index (χ2n) is 7.66. The van der Waals surface area contributed by atoms with E-state index in [9.17, 15) is 14.3 Å². The second kappa shape index (κ2) is 6.27. The van der Waals surface area contributed by atoms with Gasteiger partial charge in [0.15, 0.2) is 0 Å². The molecular weight excluding hydrogens is 357 g/mol. The summed E-state index contributed by atoms with van der Waals surface area (Å²) in [5, 5.41) is 9.86. The van der Waals surface area contributed by atoms with E-state index >= 15 is 0 Å². The molecular formula is C22H20FN3O2. The zero-order valence-electron chi connectivity index (χ0n) is 15.2. The van der Waals surface area contributed by atoms with Crippen molar-refractivity contribution in [2.75, 3.05) is 0 Å².